The van der Waals surface area contributed by atoms with Gasteiger partial charge in [-0.2, -0.15) is 0 Å². The Morgan fingerprint density at radius 1 is 1.48 bits per heavy atom. The molecule has 1 aliphatic rings. The Bertz CT molecular complexity index is 544. The lowest BCUT2D eigenvalue weighted by Gasteiger charge is -2.35. The van der Waals surface area contributed by atoms with Crippen LogP contribution < -0.4 is 16.4 Å². The molecule has 0 radical (unpaired) electrons. The van der Waals surface area contributed by atoms with Crippen molar-refractivity contribution < 1.29 is 9.59 Å². The van der Waals surface area contributed by atoms with Gasteiger partial charge < -0.3 is 16.4 Å². The maximum absolute atomic E-state index is 11.9. The zero-order chi connectivity index (χ0) is 15.4. The number of carbonyl (C=O) groups excluding carboxylic acids is 2. The number of hydrogen-bond acceptors (Lipinski definition) is 4. The number of aryl methyl sites for hydroxylation is 1. The number of nitrogens with one attached hydrogen (secondary N) is 2. The predicted octanol–water partition coefficient (Wildman–Crippen LogP) is -0.386. The van der Waals surface area contributed by atoms with Gasteiger partial charge in [0.1, 0.15) is 6.04 Å². The van der Waals surface area contributed by atoms with Crippen molar-refractivity contribution in [3.63, 3.8) is 0 Å². The summed E-state index contributed by atoms with van der Waals surface area (Å²) in [4.78, 5) is 25.3. The fourth-order valence-electron chi connectivity index (χ4n) is 2.61. The van der Waals surface area contributed by atoms with Crippen LogP contribution in [0.4, 0.5) is 0 Å². The van der Waals surface area contributed by atoms with Crippen LogP contribution in [0.5, 0.6) is 0 Å². The Labute approximate surface area is 124 Å². The third kappa shape index (κ3) is 3.59. The second-order valence-electron chi connectivity index (χ2n) is 5.31. The van der Waals surface area contributed by atoms with E-state index in [1.54, 1.807) is 19.2 Å². The third-order valence-corrected chi connectivity index (χ3v) is 3.90. The number of amides is 2. The highest BCUT2D eigenvalue weighted by Gasteiger charge is 2.28. The first kappa shape index (κ1) is 15.5. The molecule has 2 rings (SSSR count). The molecule has 1 aromatic carbocycles. The van der Waals surface area contributed by atoms with Gasteiger partial charge in [0, 0.05) is 38.8 Å². The molecule has 0 bridgehead atoms. The van der Waals surface area contributed by atoms with Crippen LogP contribution >= 0.6 is 0 Å². The van der Waals surface area contributed by atoms with E-state index in [1.165, 1.54) is 0 Å². The molecule has 1 aromatic rings. The Hall–Kier alpha value is -1.92. The van der Waals surface area contributed by atoms with Crippen LogP contribution in [0.2, 0.25) is 0 Å². The van der Waals surface area contributed by atoms with E-state index in [2.05, 4.69) is 15.5 Å². The van der Waals surface area contributed by atoms with Crippen molar-refractivity contribution in [2.24, 2.45) is 5.73 Å². The Balaban J connectivity index is 2.15. The summed E-state index contributed by atoms with van der Waals surface area (Å²) in [6.07, 6.45) is 0. The molecule has 1 heterocycles. The summed E-state index contributed by atoms with van der Waals surface area (Å²) in [6, 6.07) is 5.29. The number of likely N-dealkylation sites (N-methyl/N-ethyl adjacent to an activating group) is 1. The molecular weight excluding hydrogens is 268 g/mol. The zero-order valence-corrected chi connectivity index (χ0v) is 12.5. The maximum atomic E-state index is 11.9. The van der Waals surface area contributed by atoms with E-state index in [1.807, 2.05) is 13.0 Å². The molecule has 6 heteroatoms. The summed E-state index contributed by atoms with van der Waals surface area (Å²) in [5.41, 5.74) is 7.92. The lowest BCUT2D eigenvalue weighted by Crippen LogP contribution is -2.56. The highest BCUT2D eigenvalue weighted by Crippen LogP contribution is 2.16. The van der Waals surface area contributed by atoms with Crippen molar-refractivity contribution in [1.29, 1.82) is 0 Å². The van der Waals surface area contributed by atoms with Crippen molar-refractivity contribution >= 4 is 11.8 Å². The molecule has 1 aliphatic heterocycles. The molecular formula is C15H22N4O2. The second-order valence-corrected chi connectivity index (χ2v) is 5.31. The Morgan fingerprint density at radius 2 is 2.24 bits per heavy atom. The van der Waals surface area contributed by atoms with Crippen molar-refractivity contribution in [2.75, 3.05) is 26.7 Å². The maximum Gasteiger partial charge on any atom is 0.248 e. The van der Waals surface area contributed by atoms with Crippen LogP contribution in [0.1, 0.15) is 21.5 Å². The van der Waals surface area contributed by atoms with E-state index >= 15 is 0 Å². The highest BCUT2D eigenvalue weighted by atomic mass is 16.2. The van der Waals surface area contributed by atoms with Crippen LogP contribution in [-0.4, -0.2) is 49.4 Å². The van der Waals surface area contributed by atoms with Gasteiger partial charge in [0.25, 0.3) is 0 Å². The molecule has 1 atom stereocenters. The van der Waals surface area contributed by atoms with Crippen LogP contribution in [-0.2, 0) is 11.3 Å². The zero-order valence-electron chi connectivity index (χ0n) is 12.5. The SMILES string of the molecule is CNC(=O)C1CNCCN1Cc1ccc(C(N)=O)cc1C. The molecule has 1 fully saturated rings. The first-order chi connectivity index (χ1) is 10.0. The molecule has 1 saturated heterocycles. The normalized spacial score (nSPS) is 19.2. The van der Waals surface area contributed by atoms with E-state index in [0.717, 1.165) is 24.2 Å². The minimum Gasteiger partial charge on any atom is -0.366 e. The van der Waals surface area contributed by atoms with Crippen LogP contribution in [0.3, 0.4) is 0 Å². The first-order valence-electron chi connectivity index (χ1n) is 7.08. The number of carbonyl (C=O) groups is 2. The molecule has 4 N–H and O–H groups in total. The van der Waals surface area contributed by atoms with Gasteiger partial charge in [-0.15, -0.1) is 0 Å². The largest absolute Gasteiger partial charge is 0.366 e. The molecule has 0 aliphatic carbocycles. The molecule has 2 amide bonds. The van der Waals surface area contributed by atoms with Gasteiger partial charge in [0.15, 0.2) is 0 Å². The van der Waals surface area contributed by atoms with Gasteiger partial charge in [0.05, 0.1) is 0 Å². The third-order valence-electron chi connectivity index (χ3n) is 3.90. The molecule has 0 spiro atoms. The van der Waals surface area contributed by atoms with E-state index in [0.29, 0.717) is 18.7 Å². The number of piperazine rings is 1. The van der Waals surface area contributed by atoms with Crippen LogP contribution in [0.25, 0.3) is 0 Å². The monoisotopic (exact) mass is 290 g/mol. The summed E-state index contributed by atoms with van der Waals surface area (Å²) >= 11 is 0. The fourth-order valence-corrected chi connectivity index (χ4v) is 2.61. The van der Waals surface area contributed by atoms with Gasteiger partial charge in [-0.3, -0.25) is 14.5 Å². The number of rotatable bonds is 4. The lowest BCUT2D eigenvalue weighted by atomic mass is 10.0. The van der Waals surface area contributed by atoms with Gasteiger partial charge in [0.2, 0.25) is 11.8 Å². The first-order valence-corrected chi connectivity index (χ1v) is 7.08. The van der Waals surface area contributed by atoms with E-state index in [4.69, 9.17) is 5.73 Å². The minimum atomic E-state index is -0.421. The molecule has 6 nitrogen and oxygen atoms in total. The topological polar surface area (TPSA) is 87.5 Å². The fraction of sp³-hybridized carbons (Fsp3) is 0.467. The predicted molar refractivity (Wildman–Crippen MR) is 80.8 cm³/mol. The Kier molecular flexibility index (Phi) is 4.93. The summed E-state index contributed by atoms with van der Waals surface area (Å²) in [7, 11) is 1.65. The standard InChI is InChI=1S/C15H22N4O2/c1-10-7-11(14(16)20)3-4-12(10)9-19-6-5-18-8-13(19)15(21)17-2/h3-4,7,13,18H,5-6,8-9H2,1-2H3,(H2,16,20)(H,17,21). The summed E-state index contributed by atoms with van der Waals surface area (Å²) < 4.78 is 0. The van der Waals surface area contributed by atoms with Gasteiger partial charge in [-0.25, -0.2) is 0 Å². The van der Waals surface area contributed by atoms with E-state index < -0.39 is 5.91 Å². The number of nitrogens with zero attached hydrogens (tertiary/aromatic N) is 1. The molecule has 0 aromatic heterocycles. The summed E-state index contributed by atoms with van der Waals surface area (Å²) in [6.45, 7) is 4.97. The number of hydrogen-bond donors (Lipinski definition) is 3. The lowest BCUT2D eigenvalue weighted by molar-refractivity contribution is -0.126. The van der Waals surface area contributed by atoms with Crippen molar-refractivity contribution in [2.45, 2.75) is 19.5 Å². The van der Waals surface area contributed by atoms with Crippen molar-refractivity contribution in [1.82, 2.24) is 15.5 Å². The molecule has 1 unspecified atom stereocenters. The van der Waals surface area contributed by atoms with Crippen molar-refractivity contribution in [3.05, 3.63) is 34.9 Å². The number of benzene rings is 1. The number of primary amides is 1. The van der Waals surface area contributed by atoms with Gasteiger partial charge in [-0.1, -0.05) is 6.07 Å². The Morgan fingerprint density at radius 3 is 2.86 bits per heavy atom. The number of nitrogens with two attached hydrogens (primary N) is 1. The smallest absolute Gasteiger partial charge is 0.248 e. The van der Waals surface area contributed by atoms with Gasteiger partial charge in [-0.05, 0) is 30.2 Å². The minimum absolute atomic E-state index is 0.0219. The quantitative estimate of drug-likeness (QED) is 0.705. The average molecular weight is 290 g/mol. The molecule has 21 heavy (non-hydrogen) atoms. The van der Waals surface area contributed by atoms with Crippen LogP contribution in [0.15, 0.2) is 18.2 Å². The summed E-state index contributed by atoms with van der Waals surface area (Å²) in [5, 5.41) is 5.95. The van der Waals surface area contributed by atoms with Crippen LogP contribution in [0, 0.1) is 6.92 Å². The summed E-state index contributed by atoms with van der Waals surface area (Å²) in [5.74, 6) is -0.399. The highest BCUT2D eigenvalue weighted by molar-refractivity contribution is 5.93. The van der Waals surface area contributed by atoms with Crippen molar-refractivity contribution in [3.8, 4) is 0 Å². The second kappa shape index (κ2) is 6.69. The van der Waals surface area contributed by atoms with E-state index in [9.17, 15) is 9.59 Å². The van der Waals surface area contributed by atoms with E-state index in [-0.39, 0.29) is 11.9 Å². The average Bonchev–Trinajstić information content (AvgIpc) is 2.49. The van der Waals surface area contributed by atoms with Gasteiger partial charge >= 0.3 is 0 Å². The molecule has 0 saturated carbocycles. The molecule has 114 valence electrons.